The van der Waals surface area contributed by atoms with Gasteiger partial charge in [0, 0.05) is 17.1 Å². The third kappa shape index (κ3) is 2.75. The largest absolute Gasteiger partial charge is 0.505 e. The summed E-state index contributed by atoms with van der Waals surface area (Å²) in [5.41, 5.74) is 2.81. The fourth-order valence-corrected chi connectivity index (χ4v) is 3.58. The quantitative estimate of drug-likeness (QED) is 0.775. The van der Waals surface area contributed by atoms with Gasteiger partial charge in [-0.05, 0) is 12.1 Å². The molecule has 4 heteroatoms. The molecule has 1 aliphatic rings. The van der Waals surface area contributed by atoms with Crippen LogP contribution < -0.4 is 4.90 Å². The molecule has 4 nitrogen and oxygen atoms in total. The standard InChI is InChI=1S/C20H20N2O2/c23-20-17(9-8-15-7-4-10-21-18(15)20)19(16-5-2-1-3-6-16)22-11-13-24-14-12-22/h1-10,19,23H,11-14H2/p+1/t19-/m0/s1. The highest BCUT2D eigenvalue weighted by molar-refractivity contribution is 5.85. The lowest BCUT2D eigenvalue weighted by molar-refractivity contribution is -0.933. The molecule has 0 saturated carbocycles. The maximum Gasteiger partial charge on any atom is 0.151 e. The fraction of sp³-hybridized carbons (Fsp3) is 0.250. The van der Waals surface area contributed by atoms with Crippen LogP contribution in [0.4, 0.5) is 0 Å². The van der Waals surface area contributed by atoms with Gasteiger partial charge in [-0.2, -0.15) is 0 Å². The second kappa shape index (κ2) is 6.59. The average molecular weight is 321 g/mol. The van der Waals surface area contributed by atoms with Crippen molar-refractivity contribution in [2.45, 2.75) is 6.04 Å². The first-order valence-corrected chi connectivity index (χ1v) is 8.38. The zero-order valence-corrected chi connectivity index (χ0v) is 13.5. The number of fused-ring (bicyclic) bond motifs is 1. The lowest BCUT2D eigenvalue weighted by Crippen LogP contribution is -3.14. The molecule has 3 aromatic rings. The second-order valence-electron chi connectivity index (χ2n) is 6.19. The molecule has 0 bridgehead atoms. The predicted octanol–water partition coefficient (Wildman–Crippen LogP) is 1.94. The molecule has 2 heterocycles. The molecule has 0 spiro atoms. The van der Waals surface area contributed by atoms with Crippen LogP contribution in [-0.4, -0.2) is 36.4 Å². The number of aromatic hydroxyl groups is 1. The van der Waals surface area contributed by atoms with Crippen LogP contribution >= 0.6 is 0 Å². The highest BCUT2D eigenvalue weighted by Gasteiger charge is 2.30. The molecule has 2 aromatic carbocycles. The molecule has 1 aromatic heterocycles. The Hall–Kier alpha value is -2.43. The summed E-state index contributed by atoms with van der Waals surface area (Å²) in [4.78, 5) is 5.79. The Balaban J connectivity index is 1.85. The Bertz CT molecular complexity index is 829. The van der Waals surface area contributed by atoms with Gasteiger partial charge >= 0.3 is 0 Å². The van der Waals surface area contributed by atoms with Crippen molar-refractivity contribution in [1.29, 1.82) is 0 Å². The summed E-state index contributed by atoms with van der Waals surface area (Å²) in [5, 5.41) is 11.9. The molecule has 1 atom stereocenters. The van der Waals surface area contributed by atoms with E-state index < -0.39 is 0 Å². The van der Waals surface area contributed by atoms with Gasteiger partial charge in [0.15, 0.2) is 5.75 Å². The minimum Gasteiger partial charge on any atom is -0.505 e. The molecular weight excluding hydrogens is 300 g/mol. The van der Waals surface area contributed by atoms with E-state index in [1.807, 2.05) is 30.3 Å². The minimum absolute atomic E-state index is 0.0847. The normalized spacial score (nSPS) is 17.0. The number of aromatic nitrogens is 1. The number of rotatable bonds is 3. The summed E-state index contributed by atoms with van der Waals surface area (Å²) in [6, 6.07) is 18.4. The number of phenolic OH excluding ortho intramolecular Hbond substituents is 1. The van der Waals surface area contributed by atoms with Crippen molar-refractivity contribution < 1.29 is 14.7 Å². The summed E-state index contributed by atoms with van der Waals surface area (Å²) >= 11 is 0. The molecule has 0 aliphatic carbocycles. The summed E-state index contributed by atoms with van der Waals surface area (Å²) in [6.45, 7) is 3.37. The number of pyridine rings is 1. The molecule has 2 N–H and O–H groups in total. The Labute approximate surface area is 141 Å². The first kappa shape index (κ1) is 15.1. The molecular formula is C20H21N2O2+. The molecule has 0 radical (unpaired) electrons. The number of ether oxygens (including phenoxy) is 1. The van der Waals surface area contributed by atoms with Crippen molar-refractivity contribution in [3.63, 3.8) is 0 Å². The highest BCUT2D eigenvalue weighted by atomic mass is 16.5. The molecule has 1 aliphatic heterocycles. The van der Waals surface area contributed by atoms with Gasteiger partial charge in [0.1, 0.15) is 24.6 Å². The zero-order valence-electron chi connectivity index (χ0n) is 13.5. The number of hydrogen-bond acceptors (Lipinski definition) is 3. The van der Waals surface area contributed by atoms with Crippen molar-refractivity contribution in [1.82, 2.24) is 4.98 Å². The Morgan fingerprint density at radius 1 is 0.958 bits per heavy atom. The molecule has 1 fully saturated rings. The van der Waals surface area contributed by atoms with E-state index in [0.29, 0.717) is 11.3 Å². The molecule has 0 amide bonds. The summed E-state index contributed by atoms with van der Waals surface area (Å²) in [5.74, 6) is 0.293. The number of phenols is 1. The van der Waals surface area contributed by atoms with Crippen LogP contribution in [0.25, 0.3) is 10.9 Å². The van der Waals surface area contributed by atoms with Crippen molar-refractivity contribution in [3.05, 3.63) is 71.9 Å². The SMILES string of the molecule is Oc1c([C@H](c2ccccc2)[NH+]2CCOCC2)ccc2cccnc12. The Kier molecular flexibility index (Phi) is 4.15. The lowest BCUT2D eigenvalue weighted by atomic mass is 9.94. The summed E-state index contributed by atoms with van der Waals surface area (Å²) in [6.07, 6.45) is 1.73. The lowest BCUT2D eigenvalue weighted by Gasteiger charge is -2.32. The van der Waals surface area contributed by atoms with Crippen LogP contribution in [0.15, 0.2) is 60.8 Å². The van der Waals surface area contributed by atoms with E-state index in [1.54, 1.807) is 6.20 Å². The van der Waals surface area contributed by atoms with Crippen molar-refractivity contribution in [2.75, 3.05) is 26.3 Å². The van der Waals surface area contributed by atoms with Crippen LogP contribution in [0.1, 0.15) is 17.2 Å². The summed E-state index contributed by atoms with van der Waals surface area (Å²) < 4.78 is 5.53. The van der Waals surface area contributed by atoms with Gasteiger partial charge in [-0.3, -0.25) is 4.98 Å². The van der Waals surface area contributed by atoms with Gasteiger partial charge in [-0.1, -0.05) is 42.5 Å². The van der Waals surface area contributed by atoms with E-state index in [0.717, 1.165) is 37.3 Å². The Morgan fingerprint density at radius 3 is 2.54 bits per heavy atom. The zero-order chi connectivity index (χ0) is 16.4. The smallest absolute Gasteiger partial charge is 0.151 e. The predicted molar refractivity (Wildman–Crippen MR) is 93.2 cm³/mol. The molecule has 1 saturated heterocycles. The van der Waals surface area contributed by atoms with Crippen LogP contribution in [0.5, 0.6) is 5.75 Å². The first-order valence-electron chi connectivity index (χ1n) is 8.38. The van der Waals surface area contributed by atoms with Gasteiger partial charge in [0.25, 0.3) is 0 Å². The van der Waals surface area contributed by atoms with E-state index in [9.17, 15) is 5.11 Å². The van der Waals surface area contributed by atoms with E-state index in [1.165, 1.54) is 10.5 Å². The number of nitrogens with one attached hydrogen (secondary N) is 1. The maximum absolute atomic E-state index is 10.9. The first-order chi connectivity index (χ1) is 11.8. The molecule has 24 heavy (non-hydrogen) atoms. The van der Waals surface area contributed by atoms with Crippen LogP contribution in [-0.2, 0) is 4.74 Å². The second-order valence-corrected chi connectivity index (χ2v) is 6.19. The summed E-state index contributed by atoms with van der Waals surface area (Å²) in [7, 11) is 0. The Morgan fingerprint density at radius 2 is 1.75 bits per heavy atom. The minimum atomic E-state index is 0.0847. The van der Waals surface area contributed by atoms with Crippen molar-refractivity contribution >= 4 is 10.9 Å². The van der Waals surface area contributed by atoms with E-state index in [-0.39, 0.29) is 6.04 Å². The van der Waals surface area contributed by atoms with Crippen molar-refractivity contribution in [2.24, 2.45) is 0 Å². The third-order valence-electron chi connectivity index (χ3n) is 4.77. The highest BCUT2D eigenvalue weighted by Crippen LogP contribution is 2.33. The van der Waals surface area contributed by atoms with Crippen LogP contribution in [0, 0.1) is 0 Å². The van der Waals surface area contributed by atoms with Gasteiger partial charge < -0.3 is 14.7 Å². The van der Waals surface area contributed by atoms with Crippen LogP contribution in [0.3, 0.4) is 0 Å². The fourth-order valence-electron chi connectivity index (χ4n) is 3.58. The monoisotopic (exact) mass is 321 g/mol. The number of morpholine rings is 1. The van der Waals surface area contributed by atoms with E-state index in [2.05, 4.69) is 29.2 Å². The number of nitrogens with zero attached hydrogens (tertiary/aromatic N) is 1. The number of quaternary nitrogens is 1. The molecule has 4 rings (SSSR count). The topological polar surface area (TPSA) is 46.8 Å². The van der Waals surface area contributed by atoms with Crippen LogP contribution in [0.2, 0.25) is 0 Å². The van der Waals surface area contributed by atoms with E-state index >= 15 is 0 Å². The number of benzene rings is 2. The third-order valence-corrected chi connectivity index (χ3v) is 4.77. The van der Waals surface area contributed by atoms with Gasteiger partial charge in [0.2, 0.25) is 0 Å². The van der Waals surface area contributed by atoms with Gasteiger partial charge in [-0.15, -0.1) is 0 Å². The van der Waals surface area contributed by atoms with Gasteiger partial charge in [0.05, 0.1) is 18.8 Å². The number of hydrogen-bond donors (Lipinski definition) is 2. The molecule has 0 unspecified atom stereocenters. The van der Waals surface area contributed by atoms with E-state index in [4.69, 9.17) is 4.74 Å². The average Bonchev–Trinajstić information content (AvgIpc) is 2.66. The van der Waals surface area contributed by atoms with Gasteiger partial charge in [-0.25, -0.2) is 0 Å². The molecule has 122 valence electrons. The maximum atomic E-state index is 10.9. The van der Waals surface area contributed by atoms with Crippen molar-refractivity contribution in [3.8, 4) is 5.75 Å².